The average Bonchev–Trinajstić information content (AvgIpc) is 3.19. The van der Waals surface area contributed by atoms with E-state index in [-0.39, 0.29) is 11.1 Å². The highest BCUT2D eigenvalue weighted by Gasteiger charge is 2.37. The molecule has 0 aromatic carbocycles. The molecule has 0 unspecified atom stereocenters. The van der Waals surface area contributed by atoms with Crippen LogP contribution in [0.4, 0.5) is 0 Å². The number of aliphatic hydroxyl groups excluding tert-OH is 1. The maximum absolute atomic E-state index is 12.8. The fourth-order valence-corrected chi connectivity index (χ4v) is 5.48. The maximum Gasteiger partial charge on any atom is 0.260 e. The third-order valence-electron chi connectivity index (χ3n) is 4.04. The number of hydrogen-bond donors (Lipinski definition) is 1. The Morgan fingerprint density at radius 2 is 2.32 bits per heavy atom. The molecule has 0 saturated carbocycles. The zero-order valence-electron chi connectivity index (χ0n) is 12.3. The van der Waals surface area contributed by atoms with Crippen LogP contribution < -0.4 is 0 Å². The molecular weight excluding hydrogens is 322 g/mol. The molecule has 1 aliphatic heterocycles. The van der Waals surface area contributed by atoms with Crippen molar-refractivity contribution in [3.05, 3.63) is 34.7 Å². The second-order valence-corrected chi connectivity index (χ2v) is 8.29. The summed E-state index contributed by atoms with van der Waals surface area (Å²) in [5.74, 6) is 0. The second-order valence-electron chi connectivity index (χ2n) is 5.47. The zero-order chi connectivity index (χ0) is 15.7. The molecule has 0 aliphatic carbocycles. The van der Waals surface area contributed by atoms with Crippen LogP contribution in [0.2, 0.25) is 0 Å². The number of nitrogens with zero attached hydrogens (tertiary/aromatic N) is 3. The fourth-order valence-electron chi connectivity index (χ4n) is 2.95. The number of sulfonamides is 1. The Kier molecular flexibility index (Phi) is 4.35. The number of thiophene rings is 1. The Morgan fingerprint density at radius 1 is 1.50 bits per heavy atom. The van der Waals surface area contributed by atoms with E-state index in [4.69, 9.17) is 0 Å². The van der Waals surface area contributed by atoms with E-state index in [9.17, 15) is 13.5 Å². The first kappa shape index (κ1) is 15.7. The molecule has 1 aliphatic rings. The first-order valence-corrected chi connectivity index (χ1v) is 9.53. The second kappa shape index (κ2) is 6.11. The van der Waals surface area contributed by atoms with E-state index in [1.54, 1.807) is 7.05 Å². The number of aryl methyl sites for hydroxylation is 1. The van der Waals surface area contributed by atoms with Crippen molar-refractivity contribution in [2.45, 2.75) is 36.4 Å². The van der Waals surface area contributed by atoms with E-state index in [0.717, 1.165) is 17.7 Å². The minimum Gasteiger partial charge on any atom is -0.388 e. The quantitative estimate of drug-likeness (QED) is 0.899. The molecular formula is C14H19N3O3S2. The molecule has 3 heterocycles. The normalized spacial score (nSPS) is 21.3. The van der Waals surface area contributed by atoms with E-state index in [1.807, 2.05) is 17.5 Å². The minimum atomic E-state index is -3.56. The Balaban J connectivity index is 1.80. The van der Waals surface area contributed by atoms with Gasteiger partial charge in [-0.25, -0.2) is 8.42 Å². The van der Waals surface area contributed by atoms with Crippen LogP contribution in [0.15, 0.2) is 34.8 Å². The molecule has 1 N–H and O–H groups in total. The van der Waals surface area contributed by atoms with Gasteiger partial charge in [-0.3, -0.25) is 4.68 Å². The summed E-state index contributed by atoms with van der Waals surface area (Å²) in [6.45, 7) is 0.495. The first-order chi connectivity index (χ1) is 10.5. The highest BCUT2D eigenvalue weighted by atomic mass is 32.2. The average molecular weight is 341 g/mol. The smallest absolute Gasteiger partial charge is 0.260 e. The summed E-state index contributed by atoms with van der Waals surface area (Å²) in [6.07, 6.45) is 2.89. The summed E-state index contributed by atoms with van der Waals surface area (Å²) in [6, 6.07) is 5.11. The highest BCUT2D eigenvalue weighted by Crippen LogP contribution is 2.32. The standard InChI is InChI=1S/C14H19N3O3S2/c1-16-14(6-7-15-16)22(19,20)17-8-2-4-11(17)10-12(18)13-5-3-9-21-13/h3,5-7,9,11-12,18H,2,4,8,10H2,1H3/t11-,12-/m1/s1. The molecule has 0 bridgehead atoms. The molecule has 0 amide bonds. The van der Waals surface area contributed by atoms with Gasteiger partial charge in [0.25, 0.3) is 10.0 Å². The van der Waals surface area contributed by atoms with Gasteiger partial charge in [0.2, 0.25) is 0 Å². The molecule has 22 heavy (non-hydrogen) atoms. The minimum absolute atomic E-state index is 0.169. The van der Waals surface area contributed by atoms with Gasteiger partial charge in [-0.2, -0.15) is 9.40 Å². The molecule has 6 nitrogen and oxygen atoms in total. The molecule has 1 fully saturated rings. The van der Waals surface area contributed by atoms with E-state index < -0.39 is 16.1 Å². The monoisotopic (exact) mass is 341 g/mol. The van der Waals surface area contributed by atoms with Crippen LogP contribution >= 0.6 is 11.3 Å². The van der Waals surface area contributed by atoms with Gasteiger partial charge in [-0.15, -0.1) is 11.3 Å². The third kappa shape index (κ3) is 2.83. The Morgan fingerprint density at radius 3 is 2.95 bits per heavy atom. The predicted octanol–water partition coefficient (Wildman–Crippen LogP) is 1.76. The molecule has 8 heteroatoms. The number of rotatable bonds is 5. The Hall–Kier alpha value is -1.22. The van der Waals surface area contributed by atoms with Crippen molar-refractivity contribution < 1.29 is 13.5 Å². The zero-order valence-corrected chi connectivity index (χ0v) is 13.9. The summed E-state index contributed by atoms with van der Waals surface area (Å²) in [5.41, 5.74) is 0. The van der Waals surface area contributed by atoms with Gasteiger partial charge in [0.15, 0.2) is 5.03 Å². The third-order valence-corrected chi connectivity index (χ3v) is 7.04. The number of aromatic nitrogens is 2. The lowest BCUT2D eigenvalue weighted by Crippen LogP contribution is -2.37. The fraction of sp³-hybridized carbons (Fsp3) is 0.500. The van der Waals surface area contributed by atoms with Crippen LogP contribution in [0.3, 0.4) is 0 Å². The predicted molar refractivity (Wildman–Crippen MR) is 84.0 cm³/mol. The van der Waals surface area contributed by atoms with E-state index in [2.05, 4.69) is 5.10 Å². The SMILES string of the molecule is Cn1nccc1S(=O)(=O)N1CCC[C@@H]1C[C@@H](O)c1cccs1. The van der Waals surface area contributed by atoms with Crippen molar-refractivity contribution in [1.29, 1.82) is 0 Å². The van der Waals surface area contributed by atoms with Gasteiger partial charge in [0.05, 0.1) is 12.3 Å². The molecule has 120 valence electrons. The Labute approximate surface area is 134 Å². The largest absolute Gasteiger partial charge is 0.388 e. The van der Waals surface area contributed by atoms with Crippen molar-refractivity contribution >= 4 is 21.4 Å². The van der Waals surface area contributed by atoms with Crippen LogP contribution in [-0.4, -0.2) is 40.2 Å². The number of aliphatic hydroxyl groups is 1. The first-order valence-electron chi connectivity index (χ1n) is 7.21. The van der Waals surface area contributed by atoms with Gasteiger partial charge < -0.3 is 5.11 Å². The van der Waals surface area contributed by atoms with Crippen LogP contribution in [0.1, 0.15) is 30.2 Å². The summed E-state index contributed by atoms with van der Waals surface area (Å²) >= 11 is 1.49. The van der Waals surface area contributed by atoms with Crippen molar-refractivity contribution in [2.75, 3.05) is 6.54 Å². The van der Waals surface area contributed by atoms with Crippen molar-refractivity contribution in [1.82, 2.24) is 14.1 Å². The summed E-state index contributed by atoms with van der Waals surface area (Å²) < 4.78 is 28.5. The van der Waals surface area contributed by atoms with Crippen LogP contribution in [-0.2, 0) is 17.1 Å². The Bertz CT molecular complexity index is 724. The van der Waals surface area contributed by atoms with Crippen LogP contribution in [0.5, 0.6) is 0 Å². The molecule has 0 radical (unpaired) electrons. The summed E-state index contributed by atoms with van der Waals surface area (Å²) in [7, 11) is -1.94. The van der Waals surface area contributed by atoms with Gasteiger partial charge >= 0.3 is 0 Å². The van der Waals surface area contributed by atoms with Gasteiger partial charge in [0.1, 0.15) is 0 Å². The van der Waals surface area contributed by atoms with Gasteiger partial charge in [0, 0.05) is 24.5 Å². The molecule has 0 spiro atoms. The molecule has 2 aromatic heterocycles. The molecule has 2 aromatic rings. The number of hydrogen-bond acceptors (Lipinski definition) is 5. The summed E-state index contributed by atoms with van der Waals surface area (Å²) in [4.78, 5) is 0.879. The van der Waals surface area contributed by atoms with Gasteiger partial charge in [-0.1, -0.05) is 6.07 Å². The topological polar surface area (TPSA) is 75.4 Å². The van der Waals surface area contributed by atoms with E-state index >= 15 is 0 Å². The summed E-state index contributed by atoms with van der Waals surface area (Å²) in [5, 5.41) is 16.4. The van der Waals surface area contributed by atoms with Crippen LogP contribution in [0.25, 0.3) is 0 Å². The van der Waals surface area contributed by atoms with Crippen molar-refractivity contribution in [3.63, 3.8) is 0 Å². The van der Waals surface area contributed by atoms with E-state index in [1.165, 1.54) is 32.6 Å². The molecule has 1 saturated heterocycles. The van der Waals surface area contributed by atoms with Crippen LogP contribution in [0, 0.1) is 0 Å². The molecule has 2 atom stereocenters. The lowest BCUT2D eigenvalue weighted by molar-refractivity contribution is 0.145. The van der Waals surface area contributed by atoms with Gasteiger partial charge in [-0.05, 0) is 36.8 Å². The van der Waals surface area contributed by atoms with Crippen molar-refractivity contribution in [3.8, 4) is 0 Å². The lowest BCUT2D eigenvalue weighted by Gasteiger charge is -2.25. The van der Waals surface area contributed by atoms with E-state index in [0.29, 0.717) is 13.0 Å². The van der Waals surface area contributed by atoms with Crippen molar-refractivity contribution in [2.24, 2.45) is 7.05 Å². The maximum atomic E-state index is 12.8. The molecule has 3 rings (SSSR count). The lowest BCUT2D eigenvalue weighted by atomic mass is 10.1. The highest BCUT2D eigenvalue weighted by molar-refractivity contribution is 7.89.